The molecule has 0 bridgehead atoms. The van der Waals surface area contributed by atoms with Crippen molar-refractivity contribution < 1.29 is 14.1 Å². The lowest BCUT2D eigenvalue weighted by atomic mass is 9.86. The van der Waals surface area contributed by atoms with Gasteiger partial charge in [-0.05, 0) is 26.2 Å². The lowest BCUT2D eigenvalue weighted by Gasteiger charge is -2.50. The molecule has 24 heavy (non-hydrogen) atoms. The zero-order chi connectivity index (χ0) is 17.8. The first-order valence-corrected chi connectivity index (χ1v) is 9.00. The molecule has 2 heterocycles. The summed E-state index contributed by atoms with van der Waals surface area (Å²) >= 11 is 0. The van der Waals surface area contributed by atoms with Gasteiger partial charge in [0.25, 0.3) is 0 Å². The van der Waals surface area contributed by atoms with Gasteiger partial charge in [-0.3, -0.25) is 0 Å². The third kappa shape index (κ3) is 3.25. The Bertz CT molecular complexity index is 580. The summed E-state index contributed by atoms with van der Waals surface area (Å²) in [6.45, 7) is 13.0. The molecular weight excluding hydrogens is 302 g/mol. The van der Waals surface area contributed by atoms with Crippen molar-refractivity contribution in [2.24, 2.45) is 5.41 Å². The van der Waals surface area contributed by atoms with Gasteiger partial charge in [-0.1, -0.05) is 51.1 Å². The molecule has 1 aromatic carbocycles. The summed E-state index contributed by atoms with van der Waals surface area (Å²) in [7, 11) is 0. The number of rotatable bonds is 3. The molecule has 0 aliphatic carbocycles. The number of hydroxylamine groups is 3. The van der Waals surface area contributed by atoms with Crippen LogP contribution in [0.1, 0.15) is 53.5 Å². The summed E-state index contributed by atoms with van der Waals surface area (Å²) in [5, 5.41) is 14.0. The van der Waals surface area contributed by atoms with Crippen LogP contribution in [-0.2, 0) is 16.0 Å². The molecule has 5 atom stereocenters. The standard InChI is InChI=1S/C20H31NO3/c1-14-17-18(24-20(5,6)23-17)16(12-19(2,3)4)21(14,22)13-15-10-8-7-9-11-15/h7-11,14,16-18H,12-13H2,1-6H3/t14-,16+,17-,18+,21-/m1/s1. The summed E-state index contributed by atoms with van der Waals surface area (Å²) in [6.07, 6.45) is 0.567. The highest BCUT2D eigenvalue weighted by Crippen LogP contribution is 2.48. The molecule has 0 saturated carbocycles. The number of fused-ring (bicyclic) bond motifs is 1. The third-order valence-electron chi connectivity index (χ3n) is 5.36. The van der Waals surface area contributed by atoms with Crippen LogP contribution in [0, 0.1) is 10.6 Å². The van der Waals surface area contributed by atoms with Gasteiger partial charge in [0.1, 0.15) is 30.8 Å². The smallest absolute Gasteiger partial charge is 0.164 e. The Hall–Kier alpha value is -0.940. The molecule has 2 saturated heterocycles. The average molecular weight is 333 g/mol. The maximum atomic E-state index is 14.0. The van der Waals surface area contributed by atoms with E-state index in [9.17, 15) is 5.21 Å². The molecule has 134 valence electrons. The second-order valence-corrected chi connectivity index (χ2v) is 9.14. The first-order valence-electron chi connectivity index (χ1n) is 9.00. The Kier molecular flexibility index (Phi) is 4.32. The van der Waals surface area contributed by atoms with E-state index in [0.717, 1.165) is 12.0 Å². The Morgan fingerprint density at radius 2 is 1.67 bits per heavy atom. The van der Waals surface area contributed by atoms with Crippen LogP contribution in [-0.4, -0.2) is 34.7 Å². The number of hydrogen-bond donors (Lipinski definition) is 0. The normalized spacial score (nSPS) is 38.3. The van der Waals surface area contributed by atoms with E-state index in [-0.39, 0.29) is 34.4 Å². The summed E-state index contributed by atoms with van der Waals surface area (Å²) < 4.78 is 12.1. The van der Waals surface area contributed by atoms with Crippen molar-refractivity contribution >= 4 is 0 Å². The van der Waals surface area contributed by atoms with Crippen LogP contribution in [0.5, 0.6) is 0 Å². The average Bonchev–Trinajstić information content (AvgIpc) is 2.86. The highest BCUT2D eigenvalue weighted by Gasteiger charge is 2.62. The van der Waals surface area contributed by atoms with E-state index in [4.69, 9.17) is 9.47 Å². The van der Waals surface area contributed by atoms with Gasteiger partial charge in [-0.15, -0.1) is 0 Å². The predicted octanol–water partition coefficient (Wildman–Crippen LogP) is 4.23. The predicted molar refractivity (Wildman–Crippen MR) is 94.9 cm³/mol. The number of nitrogens with zero attached hydrogens (tertiary/aromatic N) is 1. The fourth-order valence-corrected chi connectivity index (χ4v) is 4.32. The summed E-state index contributed by atoms with van der Waals surface area (Å²) in [6, 6.07) is 9.83. The Balaban J connectivity index is 1.94. The molecule has 0 N–H and O–H groups in total. The molecule has 4 nitrogen and oxygen atoms in total. The SMILES string of the molecule is C[C@@H]1[C@H]2OC(C)(C)O[C@H]2[C@H](CC(C)(C)C)[N@@+]1([O-])Cc1ccccc1. The summed E-state index contributed by atoms with van der Waals surface area (Å²) in [4.78, 5) is 0. The van der Waals surface area contributed by atoms with Crippen molar-refractivity contribution in [2.75, 3.05) is 0 Å². The zero-order valence-corrected chi connectivity index (χ0v) is 15.8. The van der Waals surface area contributed by atoms with E-state index < -0.39 is 5.79 Å². The van der Waals surface area contributed by atoms with Gasteiger partial charge >= 0.3 is 0 Å². The second kappa shape index (κ2) is 5.80. The largest absolute Gasteiger partial charge is 0.632 e. The quantitative estimate of drug-likeness (QED) is 0.614. The highest BCUT2D eigenvalue weighted by atomic mass is 16.8. The molecule has 1 aromatic rings. The van der Waals surface area contributed by atoms with Crippen LogP contribution >= 0.6 is 0 Å². The van der Waals surface area contributed by atoms with Crippen molar-refractivity contribution in [1.82, 2.24) is 0 Å². The number of likely N-dealkylation sites (tertiary alicyclic amines) is 1. The molecular formula is C20H31NO3. The van der Waals surface area contributed by atoms with E-state index in [1.165, 1.54) is 0 Å². The van der Waals surface area contributed by atoms with Crippen LogP contribution in [0.25, 0.3) is 0 Å². The van der Waals surface area contributed by atoms with Crippen molar-refractivity contribution in [3.63, 3.8) is 0 Å². The molecule has 0 unspecified atom stereocenters. The molecule has 3 rings (SSSR count). The molecule has 0 radical (unpaired) electrons. The van der Waals surface area contributed by atoms with Gasteiger partial charge in [0, 0.05) is 12.0 Å². The van der Waals surface area contributed by atoms with Crippen molar-refractivity contribution in [2.45, 2.75) is 84.6 Å². The van der Waals surface area contributed by atoms with Gasteiger partial charge in [0.15, 0.2) is 5.79 Å². The first kappa shape index (κ1) is 17.9. The minimum absolute atomic E-state index is 0.0694. The fraction of sp³-hybridized carbons (Fsp3) is 0.700. The van der Waals surface area contributed by atoms with E-state index in [2.05, 4.69) is 20.8 Å². The van der Waals surface area contributed by atoms with Crippen LogP contribution in [0.4, 0.5) is 0 Å². The van der Waals surface area contributed by atoms with Crippen LogP contribution in [0.3, 0.4) is 0 Å². The van der Waals surface area contributed by atoms with Crippen LogP contribution < -0.4 is 0 Å². The minimum atomic E-state index is -0.599. The molecule has 0 aromatic heterocycles. The second-order valence-electron chi connectivity index (χ2n) is 9.14. The lowest BCUT2D eigenvalue weighted by Crippen LogP contribution is -2.55. The van der Waals surface area contributed by atoms with Gasteiger partial charge < -0.3 is 19.3 Å². The van der Waals surface area contributed by atoms with Gasteiger partial charge in [-0.2, -0.15) is 0 Å². The number of hydrogen-bond acceptors (Lipinski definition) is 3. The van der Waals surface area contributed by atoms with E-state index in [1.807, 2.05) is 51.1 Å². The Morgan fingerprint density at radius 1 is 1.08 bits per heavy atom. The highest BCUT2D eigenvalue weighted by molar-refractivity contribution is 5.14. The summed E-state index contributed by atoms with van der Waals surface area (Å²) in [5.74, 6) is -0.599. The van der Waals surface area contributed by atoms with E-state index >= 15 is 0 Å². The molecule has 2 aliphatic rings. The molecule has 2 aliphatic heterocycles. The topological polar surface area (TPSA) is 41.5 Å². The van der Waals surface area contributed by atoms with Crippen molar-refractivity contribution in [3.05, 3.63) is 41.1 Å². The molecule has 0 amide bonds. The monoisotopic (exact) mass is 333 g/mol. The van der Waals surface area contributed by atoms with Crippen molar-refractivity contribution in [3.8, 4) is 0 Å². The number of benzene rings is 1. The molecule has 4 heteroatoms. The van der Waals surface area contributed by atoms with E-state index in [1.54, 1.807) is 0 Å². The van der Waals surface area contributed by atoms with Gasteiger partial charge in [-0.25, -0.2) is 0 Å². The lowest BCUT2D eigenvalue weighted by molar-refractivity contribution is -0.931. The van der Waals surface area contributed by atoms with Crippen molar-refractivity contribution in [1.29, 1.82) is 0 Å². The molecule has 0 spiro atoms. The Morgan fingerprint density at radius 3 is 2.25 bits per heavy atom. The minimum Gasteiger partial charge on any atom is -0.632 e. The maximum absolute atomic E-state index is 14.0. The molecule has 2 fully saturated rings. The fourth-order valence-electron chi connectivity index (χ4n) is 4.32. The first-order chi connectivity index (χ1) is 11.0. The number of quaternary nitrogens is 1. The van der Waals surface area contributed by atoms with Gasteiger partial charge in [0.2, 0.25) is 0 Å². The maximum Gasteiger partial charge on any atom is 0.164 e. The van der Waals surface area contributed by atoms with Crippen LogP contribution in [0.2, 0.25) is 0 Å². The van der Waals surface area contributed by atoms with Gasteiger partial charge in [0.05, 0.1) is 0 Å². The van der Waals surface area contributed by atoms with E-state index in [0.29, 0.717) is 6.54 Å². The number of ether oxygens (including phenoxy) is 2. The summed E-state index contributed by atoms with van der Waals surface area (Å²) in [5.41, 5.74) is 1.15. The zero-order valence-electron chi connectivity index (χ0n) is 15.8. The van der Waals surface area contributed by atoms with Crippen LogP contribution in [0.15, 0.2) is 30.3 Å². The third-order valence-corrected chi connectivity index (χ3v) is 5.36. The Labute approximate surface area is 145 Å².